The first-order valence-corrected chi connectivity index (χ1v) is 4.87. The average molecular weight is 205 g/mol. The van der Waals surface area contributed by atoms with Crippen LogP contribution in [0.5, 0.6) is 0 Å². The van der Waals surface area contributed by atoms with Gasteiger partial charge in [0.25, 0.3) is 0 Å². The van der Waals surface area contributed by atoms with E-state index in [-0.39, 0.29) is 0 Å². The van der Waals surface area contributed by atoms with Crippen LogP contribution in [-0.2, 0) is 9.53 Å². The molecular weight excluding hydrogens is 192 g/mol. The molecule has 2 aliphatic rings. The van der Waals surface area contributed by atoms with Gasteiger partial charge in [-0.05, 0) is 25.3 Å². The highest BCUT2D eigenvalue weighted by Crippen LogP contribution is 2.31. The number of carbonyl (C=O) groups excluding carboxylic acids is 1. The van der Waals surface area contributed by atoms with Crippen molar-refractivity contribution in [3.63, 3.8) is 0 Å². The topological polar surface area (TPSA) is 38.3 Å². The summed E-state index contributed by atoms with van der Waals surface area (Å²) in [4.78, 5) is 10.6. The summed E-state index contributed by atoms with van der Waals surface area (Å²) in [5.41, 5.74) is 0. The summed E-state index contributed by atoms with van der Waals surface area (Å²) in [6.07, 6.45) is 1.29. The summed E-state index contributed by atoms with van der Waals surface area (Å²) in [6.45, 7) is 1.19. The van der Waals surface area contributed by atoms with E-state index in [1.54, 1.807) is 0 Å². The van der Waals surface area contributed by atoms with Crippen LogP contribution in [0.4, 0.5) is 8.78 Å². The molecule has 0 aromatic rings. The zero-order valence-electron chi connectivity index (χ0n) is 7.76. The van der Waals surface area contributed by atoms with E-state index in [2.05, 4.69) is 10.1 Å². The summed E-state index contributed by atoms with van der Waals surface area (Å²) in [5, 5.41) is 3.04. The van der Waals surface area contributed by atoms with Gasteiger partial charge in [0.2, 0.25) is 0 Å². The third kappa shape index (κ3) is 2.20. The average Bonchev–Trinajstić information content (AvgIpc) is 2.82. The lowest BCUT2D eigenvalue weighted by molar-refractivity contribution is -0.159. The van der Waals surface area contributed by atoms with Crippen LogP contribution in [0.3, 0.4) is 0 Å². The van der Waals surface area contributed by atoms with Crippen molar-refractivity contribution in [3.8, 4) is 0 Å². The van der Waals surface area contributed by atoms with Gasteiger partial charge in [-0.25, -0.2) is 4.79 Å². The van der Waals surface area contributed by atoms with Crippen molar-refractivity contribution in [2.45, 2.75) is 31.3 Å². The molecule has 1 heterocycles. The Labute approximate surface area is 80.8 Å². The van der Waals surface area contributed by atoms with Crippen LogP contribution >= 0.6 is 0 Å². The van der Waals surface area contributed by atoms with E-state index in [9.17, 15) is 13.6 Å². The van der Waals surface area contributed by atoms with Crippen LogP contribution < -0.4 is 5.32 Å². The minimum Gasteiger partial charge on any atom is -0.456 e. The number of alkyl halides is 2. The van der Waals surface area contributed by atoms with Crippen LogP contribution in [-0.4, -0.2) is 31.1 Å². The molecule has 5 heteroatoms. The van der Waals surface area contributed by atoms with E-state index in [4.69, 9.17) is 0 Å². The fourth-order valence-corrected chi connectivity index (χ4v) is 1.53. The second-order valence-corrected chi connectivity index (χ2v) is 4.04. The Morgan fingerprint density at radius 1 is 1.43 bits per heavy atom. The molecule has 1 unspecified atom stereocenters. The van der Waals surface area contributed by atoms with Crippen molar-refractivity contribution in [1.82, 2.24) is 5.32 Å². The Bertz CT molecular complexity index is 241. The van der Waals surface area contributed by atoms with Crippen LogP contribution in [0.1, 0.15) is 19.3 Å². The van der Waals surface area contributed by atoms with E-state index in [1.807, 2.05) is 0 Å². The standard InChI is InChI=1S/C9H13F2NO2/c10-9(11)3-7(14-8(9)13)5-12-4-6-1-2-6/h6-7,12H,1-5H2. The first kappa shape index (κ1) is 9.83. The number of hydrogen-bond donors (Lipinski definition) is 1. The molecule has 1 aliphatic heterocycles. The lowest BCUT2D eigenvalue weighted by atomic mass is 10.2. The number of esters is 1. The Morgan fingerprint density at radius 3 is 2.64 bits per heavy atom. The number of rotatable bonds is 4. The molecule has 1 saturated heterocycles. The number of ether oxygens (including phenoxy) is 1. The van der Waals surface area contributed by atoms with Gasteiger partial charge in [0, 0.05) is 6.54 Å². The van der Waals surface area contributed by atoms with Crippen LogP contribution in [0.2, 0.25) is 0 Å². The number of cyclic esters (lactones) is 1. The highest BCUT2D eigenvalue weighted by Gasteiger charge is 2.50. The molecule has 1 atom stereocenters. The Hall–Kier alpha value is -0.710. The largest absolute Gasteiger partial charge is 0.456 e. The van der Waals surface area contributed by atoms with Crippen LogP contribution in [0.25, 0.3) is 0 Å². The van der Waals surface area contributed by atoms with Gasteiger partial charge in [-0.2, -0.15) is 8.78 Å². The maximum absolute atomic E-state index is 12.7. The molecule has 0 aromatic heterocycles. The minimum atomic E-state index is -3.27. The fourth-order valence-electron chi connectivity index (χ4n) is 1.53. The number of carbonyl (C=O) groups is 1. The predicted octanol–water partition coefficient (Wildman–Crippen LogP) is 0.937. The van der Waals surface area contributed by atoms with E-state index >= 15 is 0 Å². The van der Waals surface area contributed by atoms with Gasteiger partial charge in [0.15, 0.2) is 0 Å². The third-order valence-corrected chi connectivity index (χ3v) is 2.56. The summed E-state index contributed by atoms with van der Waals surface area (Å²) in [5.74, 6) is -3.95. The van der Waals surface area contributed by atoms with Crippen LogP contribution in [0.15, 0.2) is 0 Å². The minimum absolute atomic E-state index is 0.345. The molecule has 2 fully saturated rings. The Kier molecular flexibility index (Phi) is 2.43. The molecule has 0 amide bonds. The van der Waals surface area contributed by atoms with Gasteiger partial charge < -0.3 is 10.1 Å². The first-order chi connectivity index (χ1) is 6.58. The van der Waals surface area contributed by atoms with Gasteiger partial charge >= 0.3 is 11.9 Å². The molecule has 2 rings (SSSR count). The predicted molar refractivity (Wildman–Crippen MR) is 45.0 cm³/mol. The highest BCUT2D eigenvalue weighted by atomic mass is 19.3. The Balaban J connectivity index is 1.69. The van der Waals surface area contributed by atoms with Crippen molar-refractivity contribution in [3.05, 3.63) is 0 Å². The summed E-state index contributed by atoms with van der Waals surface area (Å²) < 4.78 is 29.9. The quantitative estimate of drug-likeness (QED) is 0.694. The molecule has 80 valence electrons. The summed E-state index contributed by atoms with van der Waals surface area (Å²) in [7, 11) is 0. The van der Waals surface area contributed by atoms with Crippen molar-refractivity contribution < 1.29 is 18.3 Å². The van der Waals surface area contributed by atoms with E-state index < -0.39 is 24.4 Å². The lowest BCUT2D eigenvalue weighted by Crippen LogP contribution is -2.28. The zero-order chi connectivity index (χ0) is 10.2. The molecule has 3 nitrogen and oxygen atoms in total. The fraction of sp³-hybridized carbons (Fsp3) is 0.889. The molecule has 1 aliphatic carbocycles. The maximum atomic E-state index is 12.7. The van der Waals surface area contributed by atoms with Gasteiger partial charge in [0.1, 0.15) is 6.10 Å². The molecule has 1 saturated carbocycles. The molecule has 0 radical (unpaired) electrons. The number of nitrogens with one attached hydrogen (secondary N) is 1. The second kappa shape index (κ2) is 3.46. The molecule has 0 bridgehead atoms. The van der Waals surface area contributed by atoms with Crippen molar-refractivity contribution in [2.75, 3.05) is 13.1 Å². The van der Waals surface area contributed by atoms with E-state index in [1.165, 1.54) is 12.8 Å². The van der Waals surface area contributed by atoms with Crippen molar-refractivity contribution >= 4 is 5.97 Å². The lowest BCUT2D eigenvalue weighted by Gasteiger charge is -2.08. The Morgan fingerprint density at radius 2 is 2.14 bits per heavy atom. The normalized spacial score (nSPS) is 30.4. The van der Waals surface area contributed by atoms with Crippen molar-refractivity contribution in [1.29, 1.82) is 0 Å². The monoisotopic (exact) mass is 205 g/mol. The highest BCUT2D eigenvalue weighted by molar-refractivity contribution is 5.79. The number of hydrogen-bond acceptors (Lipinski definition) is 3. The number of halogens is 2. The maximum Gasteiger partial charge on any atom is 0.377 e. The van der Waals surface area contributed by atoms with E-state index in [0.717, 1.165) is 6.54 Å². The summed E-state index contributed by atoms with van der Waals surface area (Å²) in [6, 6.07) is 0. The zero-order valence-corrected chi connectivity index (χ0v) is 7.76. The molecule has 0 spiro atoms. The second-order valence-electron chi connectivity index (χ2n) is 4.04. The van der Waals surface area contributed by atoms with Crippen molar-refractivity contribution in [2.24, 2.45) is 5.92 Å². The summed E-state index contributed by atoms with van der Waals surface area (Å²) >= 11 is 0. The van der Waals surface area contributed by atoms with Crippen LogP contribution in [0, 0.1) is 5.92 Å². The SMILES string of the molecule is O=C1OC(CNCC2CC2)CC1(F)F. The first-order valence-electron chi connectivity index (χ1n) is 4.87. The smallest absolute Gasteiger partial charge is 0.377 e. The van der Waals surface area contributed by atoms with Gasteiger partial charge in [-0.15, -0.1) is 0 Å². The van der Waals surface area contributed by atoms with Gasteiger partial charge in [0.05, 0.1) is 6.42 Å². The van der Waals surface area contributed by atoms with Gasteiger partial charge in [-0.3, -0.25) is 0 Å². The molecule has 1 N–H and O–H groups in total. The molecule has 0 aromatic carbocycles. The molecule has 14 heavy (non-hydrogen) atoms. The molecular formula is C9H13F2NO2. The van der Waals surface area contributed by atoms with E-state index in [0.29, 0.717) is 12.5 Å². The third-order valence-electron chi connectivity index (χ3n) is 2.56. The van der Waals surface area contributed by atoms with Gasteiger partial charge in [-0.1, -0.05) is 0 Å².